The molecule has 2 aromatic carbocycles. The van der Waals surface area contributed by atoms with Crippen LogP contribution in [0.4, 0.5) is 0 Å². The first-order valence-electron chi connectivity index (χ1n) is 14.5. The minimum atomic E-state index is -0.995. The van der Waals surface area contributed by atoms with Gasteiger partial charge in [-0.25, -0.2) is 0 Å². The van der Waals surface area contributed by atoms with Gasteiger partial charge in [-0.3, -0.25) is 4.90 Å². The fraction of sp³-hybridized carbons (Fsp3) is 0.576. The van der Waals surface area contributed by atoms with Crippen molar-refractivity contribution in [2.45, 2.75) is 69.4 Å². The smallest absolute Gasteiger partial charge is 0.231 e. The fourth-order valence-electron chi connectivity index (χ4n) is 8.71. The van der Waals surface area contributed by atoms with Crippen LogP contribution in [-0.4, -0.2) is 50.2 Å². The molecule has 6 nitrogen and oxygen atoms in total. The number of nitrogens with zero attached hydrogens (tertiary/aromatic N) is 1. The number of rotatable bonds is 2. The Kier molecular flexibility index (Phi) is 5.84. The van der Waals surface area contributed by atoms with Crippen LogP contribution in [0.5, 0.6) is 23.0 Å². The largest absolute Gasteiger partial charge is 0.497 e. The molecule has 39 heavy (non-hydrogen) atoms. The van der Waals surface area contributed by atoms with Crippen molar-refractivity contribution in [1.29, 1.82) is 0 Å². The van der Waals surface area contributed by atoms with E-state index >= 15 is 0 Å². The number of likely N-dealkylation sites (N-methyl/N-ethyl adjacent to an activating group) is 1. The lowest BCUT2D eigenvalue weighted by atomic mass is 9.53. The van der Waals surface area contributed by atoms with Gasteiger partial charge >= 0.3 is 0 Å². The zero-order chi connectivity index (χ0) is 26.9. The summed E-state index contributed by atoms with van der Waals surface area (Å²) in [4.78, 5) is 2.27. The van der Waals surface area contributed by atoms with Gasteiger partial charge in [0.1, 0.15) is 17.4 Å². The molecule has 0 radical (unpaired) electrons. The highest BCUT2D eigenvalue weighted by atomic mass is 16.7. The number of benzene rings is 2. The van der Waals surface area contributed by atoms with Gasteiger partial charge in [0.2, 0.25) is 12.5 Å². The average molecular weight is 530 g/mol. The Bertz CT molecular complexity index is 1380. The standard InChI is InChI=1S/C33H39NO5/c1-32-13-9-24-23-8-6-22(36-3)17-20(23)5-7-25(24)26(32)10-14-33(32,35)15-11-27-29-21(12-16-34(27)2)18-28-30(31(29)37-4)39-19-38-28/h6,8,17-18,24-27,35H,5,7,9-10,12-14,16,19H2,1-4H3/t24-,25-,26+,27-,32+,33+/m1/s1. The summed E-state index contributed by atoms with van der Waals surface area (Å²) in [7, 11) is 5.53. The maximum Gasteiger partial charge on any atom is 0.231 e. The van der Waals surface area contributed by atoms with Crippen molar-refractivity contribution in [3.8, 4) is 34.8 Å². The average Bonchev–Trinajstić information content (AvgIpc) is 3.52. The minimum Gasteiger partial charge on any atom is -0.497 e. The molecule has 6 heteroatoms. The van der Waals surface area contributed by atoms with Gasteiger partial charge < -0.3 is 24.1 Å². The van der Waals surface area contributed by atoms with Crippen LogP contribution in [0.3, 0.4) is 0 Å². The van der Waals surface area contributed by atoms with Gasteiger partial charge in [0.25, 0.3) is 0 Å². The van der Waals surface area contributed by atoms with Gasteiger partial charge in [0, 0.05) is 17.5 Å². The van der Waals surface area contributed by atoms with Crippen molar-refractivity contribution in [2.24, 2.45) is 17.3 Å². The van der Waals surface area contributed by atoms with Crippen LogP contribution in [-0.2, 0) is 12.8 Å². The second-order valence-corrected chi connectivity index (χ2v) is 12.5. The topological polar surface area (TPSA) is 60.4 Å². The van der Waals surface area contributed by atoms with E-state index in [2.05, 4.69) is 55.0 Å². The van der Waals surface area contributed by atoms with Crippen LogP contribution < -0.4 is 18.9 Å². The van der Waals surface area contributed by atoms with Crippen molar-refractivity contribution >= 4 is 0 Å². The maximum atomic E-state index is 12.3. The number of aliphatic hydroxyl groups is 1. The third kappa shape index (κ3) is 3.62. The summed E-state index contributed by atoms with van der Waals surface area (Å²) in [6, 6.07) is 8.56. The van der Waals surface area contributed by atoms with E-state index in [1.165, 1.54) is 23.1 Å². The van der Waals surface area contributed by atoms with E-state index in [0.29, 0.717) is 29.3 Å². The van der Waals surface area contributed by atoms with E-state index in [9.17, 15) is 5.11 Å². The van der Waals surface area contributed by atoms with Crippen molar-refractivity contribution in [1.82, 2.24) is 4.90 Å². The summed E-state index contributed by atoms with van der Waals surface area (Å²) < 4.78 is 22.8. The lowest BCUT2D eigenvalue weighted by Gasteiger charge is -2.52. The zero-order valence-electron chi connectivity index (χ0n) is 23.5. The van der Waals surface area contributed by atoms with E-state index in [1.807, 2.05) is 0 Å². The molecule has 0 unspecified atom stereocenters. The Morgan fingerprint density at radius 2 is 1.90 bits per heavy atom. The first-order valence-corrected chi connectivity index (χ1v) is 14.5. The molecule has 2 heterocycles. The lowest BCUT2D eigenvalue weighted by molar-refractivity contribution is -0.0649. The summed E-state index contributed by atoms with van der Waals surface area (Å²) in [5.41, 5.74) is 3.98. The Balaban J connectivity index is 1.21. The summed E-state index contributed by atoms with van der Waals surface area (Å²) in [6.45, 7) is 3.41. The maximum absolute atomic E-state index is 12.3. The molecular formula is C33H39NO5. The molecule has 3 aliphatic carbocycles. The summed E-state index contributed by atoms with van der Waals surface area (Å²) >= 11 is 0. The molecule has 1 N–H and O–H groups in total. The summed E-state index contributed by atoms with van der Waals surface area (Å²) in [5.74, 6) is 11.8. The number of fused-ring (bicyclic) bond motifs is 7. The molecule has 0 bridgehead atoms. The van der Waals surface area contributed by atoms with Crippen molar-refractivity contribution in [3.63, 3.8) is 0 Å². The monoisotopic (exact) mass is 529 g/mol. The van der Waals surface area contributed by atoms with Gasteiger partial charge in [-0.1, -0.05) is 24.8 Å². The summed E-state index contributed by atoms with van der Waals surface area (Å²) in [5, 5.41) is 12.3. The second kappa shape index (κ2) is 9.08. The Morgan fingerprint density at radius 1 is 1.03 bits per heavy atom. The zero-order valence-corrected chi connectivity index (χ0v) is 23.5. The highest BCUT2D eigenvalue weighted by molar-refractivity contribution is 5.63. The van der Waals surface area contributed by atoms with Crippen LogP contribution in [0.25, 0.3) is 0 Å². The Hall–Kier alpha value is -2.88. The van der Waals surface area contributed by atoms with E-state index in [4.69, 9.17) is 18.9 Å². The summed E-state index contributed by atoms with van der Waals surface area (Å²) in [6.07, 6.45) is 7.03. The Morgan fingerprint density at radius 3 is 2.72 bits per heavy atom. The molecule has 206 valence electrons. The molecule has 5 aliphatic rings. The number of hydrogen-bond donors (Lipinski definition) is 1. The SMILES string of the molecule is COc1ccc2c(c1)CC[C@@H]1[C@@H]2CC[C@@]2(C)[C@H]1CC[C@]2(O)C#C[C@@H]1c2c(cc3c(c2OC)OCO3)CCN1C. The van der Waals surface area contributed by atoms with E-state index in [1.54, 1.807) is 14.2 Å². The first kappa shape index (κ1) is 25.1. The van der Waals surface area contributed by atoms with E-state index < -0.39 is 5.60 Å². The van der Waals surface area contributed by atoms with Crippen molar-refractivity contribution in [3.05, 3.63) is 46.5 Å². The number of methoxy groups -OCH3 is 2. The van der Waals surface area contributed by atoms with Gasteiger partial charge in [0.15, 0.2) is 11.5 Å². The first-order chi connectivity index (χ1) is 18.9. The molecule has 2 saturated carbocycles. The molecule has 2 aromatic rings. The van der Waals surface area contributed by atoms with Crippen molar-refractivity contribution in [2.75, 3.05) is 34.6 Å². The van der Waals surface area contributed by atoms with Gasteiger partial charge in [-0.15, -0.1) is 0 Å². The van der Waals surface area contributed by atoms with Gasteiger partial charge in [-0.2, -0.15) is 0 Å². The van der Waals surface area contributed by atoms with Crippen LogP contribution in [0.1, 0.15) is 73.2 Å². The molecule has 2 aliphatic heterocycles. The molecule has 0 aromatic heterocycles. The number of hydrogen-bond acceptors (Lipinski definition) is 6. The molecule has 0 amide bonds. The van der Waals surface area contributed by atoms with Crippen LogP contribution in [0.2, 0.25) is 0 Å². The molecule has 0 spiro atoms. The van der Waals surface area contributed by atoms with E-state index in [-0.39, 0.29) is 18.2 Å². The second-order valence-electron chi connectivity index (χ2n) is 12.5. The molecular weight excluding hydrogens is 490 g/mol. The highest BCUT2D eigenvalue weighted by Crippen LogP contribution is 2.64. The third-order valence-corrected chi connectivity index (χ3v) is 10.9. The minimum absolute atomic E-state index is 0.169. The van der Waals surface area contributed by atoms with E-state index in [0.717, 1.165) is 62.1 Å². The van der Waals surface area contributed by atoms with Crippen LogP contribution in [0.15, 0.2) is 24.3 Å². The van der Waals surface area contributed by atoms with Crippen LogP contribution in [0, 0.1) is 29.1 Å². The Labute approximate surface area is 231 Å². The third-order valence-electron chi connectivity index (χ3n) is 10.9. The molecule has 7 rings (SSSR count). The molecule has 2 fully saturated rings. The molecule has 6 atom stereocenters. The van der Waals surface area contributed by atoms with Crippen molar-refractivity contribution < 1.29 is 24.1 Å². The van der Waals surface area contributed by atoms with Crippen LogP contribution >= 0.6 is 0 Å². The lowest BCUT2D eigenvalue weighted by Crippen LogP contribution is -2.50. The van der Waals surface area contributed by atoms with Gasteiger partial charge in [-0.05, 0) is 105 Å². The molecule has 0 saturated heterocycles. The predicted molar refractivity (Wildman–Crippen MR) is 149 cm³/mol. The highest BCUT2D eigenvalue weighted by Gasteiger charge is 2.61. The van der Waals surface area contributed by atoms with Gasteiger partial charge in [0.05, 0.1) is 14.2 Å². The normalized spacial score (nSPS) is 34.2. The predicted octanol–water partition coefficient (Wildman–Crippen LogP) is 5.25. The number of aryl methyl sites for hydroxylation is 1. The number of ether oxygens (including phenoxy) is 4. The quantitative estimate of drug-likeness (QED) is 0.536. The fourth-order valence-corrected chi connectivity index (χ4v) is 8.71.